The van der Waals surface area contributed by atoms with Crippen LogP contribution >= 0.6 is 0 Å². The fourth-order valence-corrected chi connectivity index (χ4v) is 5.56. The van der Waals surface area contributed by atoms with Gasteiger partial charge in [-0.1, -0.05) is 53.6 Å². The zero-order valence-electron chi connectivity index (χ0n) is 16.9. The molecule has 0 unspecified atom stereocenters. The number of benzene rings is 3. The Morgan fingerprint density at radius 2 is 1.29 bits per heavy atom. The second-order valence-corrected chi connectivity index (χ2v) is 10.7. The lowest BCUT2D eigenvalue weighted by molar-refractivity contribution is 0.588. The van der Waals surface area contributed by atoms with Gasteiger partial charge in [-0.25, -0.2) is 12.4 Å². The third-order valence-electron chi connectivity index (χ3n) is 4.90. The van der Waals surface area contributed by atoms with Crippen LogP contribution < -0.4 is 0 Å². The van der Waals surface area contributed by atoms with Crippen molar-refractivity contribution in [2.24, 2.45) is 4.40 Å². The minimum atomic E-state index is -3.98. The minimum absolute atomic E-state index is 0.0402. The van der Waals surface area contributed by atoms with Gasteiger partial charge < -0.3 is 0 Å². The maximum absolute atomic E-state index is 13.4. The molecule has 0 saturated carbocycles. The molecule has 0 N–H and O–H groups in total. The topological polar surface area (TPSA) is 85.6 Å². The molecular weight excluding hydrogens is 432 g/mol. The molecule has 0 aliphatic heterocycles. The summed E-state index contributed by atoms with van der Waals surface area (Å²) in [4.78, 5) is 0.147. The van der Waals surface area contributed by atoms with Crippen LogP contribution in [0, 0.1) is 13.8 Å². The van der Waals surface area contributed by atoms with Gasteiger partial charge in [0.2, 0.25) is 0 Å². The van der Waals surface area contributed by atoms with Crippen molar-refractivity contribution in [3.05, 3.63) is 95.7 Å². The van der Waals surface area contributed by atoms with Crippen molar-refractivity contribution in [1.82, 2.24) is 3.97 Å². The van der Waals surface area contributed by atoms with E-state index in [0.717, 1.165) is 21.3 Å². The van der Waals surface area contributed by atoms with Crippen molar-refractivity contribution >= 4 is 37.2 Å². The second-order valence-electron chi connectivity index (χ2n) is 7.23. The van der Waals surface area contributed by atoms with Crippen molar-refractivity contribution in [1.29, 1.82) is 0 Å². The Labute approximate surface area is 181 Å². The molecule has 1 heterocycles. The average molecular weight is 453 g/mol. The van der Waals surface area contributed by atoms with Gasteiger partial charge in [0.1, 0.15) is 0 Å². The van der Waals surface area contributed by atoms with E-state index in [9.17, 15) is 16.8 Å². The Balaban J connectivity index is 1.87. The van der Waals surface area contributed by atoms with Crippen LogP contribution in [0.3, 0.4) is 0 Å². The highest BCUT2D eigenvalue weighted by atomic mass is 32.2. The maximum Gasteiger partial charge on any atom is 0.282 e. The van der Waals surface area contributed by atoms with Crippen LogP contribution in [-0.2, 0) is 20.0 Å². The molecule has 8 heteroatoms. The highest BCUT2D eigenvalue weighted by Gasteiger charge is 2.23. The standard InChI is InChI=1S/C23H20N2O4S2/c1-17-7-11-21(12-8-17)30(26,27)24-16-20-15-19-5-3-4-6-23(19)25(20)31(28,29)22-13-9-18(2)10-14-22/h3-16H,1-2H3/b24-16+. The molecule has 4 aromatic rings. The number of nitrogens with zero attached hydrogens (tertiary/aromatic N) is 2. The van der Waals surface area contributed by atoms with Gasteiger partial charge in [-0.3, -0.25) is 0 Å². The normalized spacial score (nSPS) is 12.6. The second kappa shape index (κ2) is 7.79. The number of aromatic nitrogens is 1. The van der Waals surface area contributed by atoms with Gasteiger partial charge in [-0.2, -0.15) is 12.8 Å². The van der Waals surface area contributed by atoms with Gasteiger partial charge in [0.25, 0.3) is 20.0 Å². The van der Waals surface area contributed by atoms with E-state index in [4.69, 9.17) is 0 Å². The highest BCUT2D eigenvalue weighted by molar-refractivity contribution is 7.90. The third kappa shape index (κ3) is 4.04. The molecule has 0 amide bonds. The number of sulfonamides is 1. The molecule has 0 spiro atoms. The first-order valence-electron chi connectivity index (χ1n) is 9.48. The molecule has 0 aliphatic carbocycles. The van der Waals surface area contributed by atoms with Crippen molar-refractivity contribution in [2.75, 3.05) is 0 Å². The molecule has 3 aromatic carbocycles. The lowest BCUT2D eigenvalue weighted by Crippen LogP contribution is -2.15. The lowest BCUT2D eigenvalue weighted by Gasteiger charge is -2.10. The first kappa shape index (κ1) is 21.0. The maximum atomic E-state index is 13.4. The first-order chi connectivity index (χ1) is 14.7. The van der Waals surface area contributed by atoms with Gasteiger partial charge in [0, 0.05) is 5.39 Å². The third-order valence-corrected chi connectivity index (χ3v) is 7.90. The number of hydrogen-bond acceptors (Lipinski definition) is 4. The van der Waals surface area contributed by atoms with Gasteiger partial charge in [-0.15, -0.1) is 0 Å². The number of hydrogen-bond donors (Lipinski definition) is 0. The number of fused-ring (bicyclic) bond motifs is 1. The van der Waals surface area contributed by atoms with Crippen LogP contribution in [0.25, 0.3) is 10.9 Å². The summed E-state index contributed by atoms with van der Waals surface area (Å²) in [5.41, 5.74) is 2.45. The van der Waals surface area contributed by atoms with Crippen molar-refractivity contribution in [2.45, 2.75) is 23.6 Å². The van der Waals surface area contributed by atoms with Gasteiger partial charge in [0.05, 0.1) is 27.2 Å². The van der Waals surface area contributed by atoms with E-state index in [0.29, 0.717) is 10.9 Å². The van der Waals surface area contributed by atoms with Gasteiger partial charge in [0.15, 0.2) is 0 Å². The van der Waals surface area contributed by atoms with E-state index in [1.807, 2.05) is 13.8 Å². The van der Waals surface area contributed by atoms with Crippen LogP contribution in [0.4, 0.5) is 0 Å². The summed E-state index contributed by atoms with van der Waals surface area (Å²) < 4.78 is 57.0. The molecule has 0 aliphatic rings. The molecule has 0 radical (unpaired) electrons. The van der Waals surface area contributed by atoms with Gasteiger partial charge >= 0.3 is 0 Å². The van der Waals surface area contributed by atoms with Crippen molar-refractivity contribution in [3.8, 4) is 0 Å². The average Bonchev–Trinajstić information content (AvgIpc) is 3.12. The van der Waals surface area contributed by atoms with Crippen molar-refractivity contribution in [3.63, 3.8) is 0 Å². The summed E-state index contributed by atoms with van der Waals surface area (Å²) in [6.07, 6.45) is 1.08. The van der Waals surface area contributed by atoms with E-state index in [1.165, 1.54) is 24.3 Å². The fraction of sp³-hybridized carbons (Fsp3) is 0.0870. The fourth-order valence-electron chi connectivity index (χ4n) is 3.22. The molecule has 0 saturated heterocycles. The summed E-state index contributed by atoms with van der Waals surface area (Å²) in [6.45, 7) is 3.73. The smallest absolute Gasteiger partial charge is 0.232 e. The van der Waals surface area contributed by atoms with Crippen LogP contribution in [0.15, 0.2) is 93.1 Å². The summed E-state index contributed by atoms with van der Waals surface area (Å²) in [7, 11) is -7.96. The van der Waals surface area contributed by atoms with Crippen molar-refractivity contribution < 1.29 is 16.8 Å². The molecule has 31 heavy (non-hydrogen) atoms. The molecule has 0 atom stereocenters. The predicted octanol–water partition coefficient (Wildman–Crippen LogP) is 4.30. The van der Waals surface area contributed by atoms with E-state index in [2.05, 4.69) is 4.40 Å². The largest absolute Gasteiger partial charge is 0.282 e. The van der Waals surface area contributed by atoms with Crippen LogP contribution in [0.5, 0.6) is 0 Å². The zero-order chi connectivity index (χ0) is 22.2. The monoisotopic (exact) mass is 452 g/mol. The van der Waals surface area contributed by atoms with E-state index in [1.54, 1.807) is 54.6 Å². The van der Waals surface area contributed by atoms with E-state index < -0.39 is 20.0 Å². The molecule has 1 aromatic heterocycles. The Morgan fingerprint density at radius 3 is 1.90 bits per heavy atom. The quantitative estimate of drug-likeness (QED) is 0.423. The lowest BCUT2D eigenvalue weighted by atomic mass is 10.2. The molecule has 6 nitrogen and oxygen atoms in total. The summed E-state index contributed by atoms with van der Waals surface area (Å²) in [6, 6.07) is 21.4. The Hall–Kier alpha value is -3.23. The minimum Gasteiger partial charge on any atom is -0.232 e. The van der Waals surface area contributed by atoms with Crippen LogP contribution in [0.2, 0.25) is 0 Å². The molecule has 158 valence electrons. The first-order valence-corrected chi connectivity index (χ1v) is 12.4. The van der Waals surface area contributed by atoms with Crippen LogP contribution in [0.1, 0.15) is 16.8 Å². The number of para-hydroxylation sites is 1. The summed E-state index contributed by atoms with van der Waals surface area (Å²) in [5.74, 6) is 0. The molecular formula is C23H20N2O4S2. The van der Waals surface area contributed by atoms with E-state index >= 15 is 0 Å². The molecule has 0 fully saturated rings. The number of rotatable bonds is 5. The summed E-state index contributed by atoms with van der Waals surface area (Å²) in [5, 5.41) is 0.660. The SMILES string of the molecule is Cc1ccc(S(=O)(=O)/N=C/c2cc3ccccc3n2S(=O)(=O)c2ccc(C)cc2)cc1. The Morgan fingerprint density at radius 1 is 0.742 bits per heavy atom. The predicted molar refractivity (Wildman–Crippen MR) is 122 cm³/mol. The van der Waals surface area contributed by atoms with Gasteiger partial charge in [-0.05, 0) is 50.2 Å². The molecule has 4 rings (SSSR count). The Bertz CT molecular complexity index is 1500. The summed E-state index contributed by atoms with van der Waals surface area (Å²) >= 11 is 0. The van der Waals surface area contributed by atoms with E-state index in [-0.39, 0.29) is 15.5 Å². The number of aryl methyl sites for hydroxylation is 2. The zero-order valence-corrected chi connectivity index (χ0v) is 18.6. The Kier molecular flexibility index (Phi) is 5.28. The highest BCUT2D eigenvalue weighted by Crippen LogP contribution is 2.25. The molecule has 0 bridgehead atoms. The van der Waals surface area contributed by atoms with Crippen LogP contribution in [-0.4, -0.2) is 27.0 Å².